The number of nitrogens with zero attached hydrogens (tertiary/aromatic N) is 1. The molecule has 0 aliphatic heterocycles. The first-order valence-electron chi connectivity index (χ1n) is 5.97. The summed E-state index contributed by atoms with van der Waals surface area (Å²) in [5, 5.41) is 0. The minimum atomic E-state index is -3.49. The first kappa shape index (κ1) is 12.3. The molecule has 0 amide bonds. The van der Waals surface area contributed by atoms with Crippen molar-refractivity contribution in [1.82, 2.24) is 0 Å². The highest BCUT2D eigenvalue weighted by Gasteiger charge is 2.15. The number of rotatable bonds is 2. The van der Waals surface area contributed by atoms with Gasteiger partial charge in [0.25, 0.3) is 10.0 Å². The molecule has 0 spiro atoms. The second-order valence-corrected chi connectivity index (χ2v) is 6.11. The monoisotopic (exact) mass is 251 g/mol. The molecule has 0 unspecified atom stereocenters. The van der Waals surface area contributed by atoms with Gasteiger partial charge in [0.1, 0.15) is 0 Å². The van der Waals surface area contributed by atoms with Gasteiger partial charge < -0.3 is 0 Å². The van der Waals surface area contributed by atoms with Crippen LogP contribution in [-0.2, 0) is 10.0 Å². The Labute approximate surface area is 103 Å². The SMILES string of the molecule is Cc1ccc(S(=O)(=O)N=C2CCCCC2)cc1. The van der Waals surface area contributed by atoms with Crippen LogP contribution >= 0.6 is 0 Å². The quantitative estimate of drug-likeness (QED) is 0.811. The van der Waals surface area contributed by atoms with Gasteiger partial charge in [0, 0.05) is 5.71 Å². The van der Waals surface area contributed by atoms with Gasteiger partial charge in [-0.05, 0) is 44.7 Å². The van der Waals surface area contributed by atoms with Gasteiger partial charge in [-0.2, -0.15) is 12.8 Å². The predicted octanol–water partition coefficient (Wildman–Crippen LogP) is 3.09. The Balaban J connectivity index is 2.27. The summed E-state index contributed by atoms with van der Waals surface area (Å²) in [6.45, 7) is 1.93. The third-order valence-electron chi connectivity index (χ3n) is 3.00. The lowest BCUT2D eigenvalue weighted by atomic mass is 9.99. The Morgan fingerprint density at radius 1 is 1.00 bits per heavy atom. The molecule has 0 atom stereocenters. The van der Waals surface area contributed by atoms with Crippen LogP contribution in [-0.4, -0.2) is 14.1 Å². The molecule has 92 valence electrons. The maximum Gasteiger partial charge on any atom is 0.282 e. The van der Waals surface area contributed by atoms with E-state index in [9.17, 15) is 8.42 Å². The average molecular weight is 251 g/mol. The van der Waals surface area contributed by atoms with E-state index in [2.05, 4.69) is 4.40 Å². The molecule has 0 radical (unpaired) electrons. The summed E-state index contributed by atoms with van der Waals surface area (Å²) in [6.07, 6.45) is 4.95. The van der Waals surface area contributed by atoms with Crippen LogP contribution in [0.4, 0.5) is 0 Å². The third-order valence-corrected chi connectivity index (χ3v) is 4.37. The molecule has 0 aromatic heterocycles. The fourth-order valence-electron chi connectivity index (χ4n) is 1.98. The van der Waals surface area contributed by atoms with Crippen LogP contribution in [0.15, 0.2) is 33.6 Å². The number of sulfonamides is 1. The molecule has 1 saturated carbocycles. The van der Waals surface area contributed by atoms with E-state index >= 15 is 0 Å². The van der Waals surface area contributed by atoms with E-state index in [0.29, 0.717) is 4.90 Å². The molecule has 4 heteroatoms. The minimum Gasteiger partial charge on any atom is -0.199 e. The van der Waals surface area contributed by atoms with Crippen molar-refractivity contribution in [3.05, 3.63) is 29.8 Å². The molecule has 3 nitrogen and oxygen atoms in total. The van der Waals surface area contributed by atoms with Crippen molar-refractivity contribution in [2.24, 2.45) is 4.40 Å². The van der Waals surface area contributed by atoms with Gasteiger partial charge in [0.2, 0.25) is 0 Å². The lowest BCUT2D eigenvalue weighted by Crippen LogP contribution is -2.08. The van der Waals surface area contributed by atoms with Gasteiger partial charge in [-0.1, -0.05) is 24.1 Å². The minimum absolute atomic E-state index is 0.293. The van der Waals surface area contributed by atoms with Crippen LogP contribution in [0.1, 0.15) is 37.7 Å². The first-order valence-corrected chi connectivity index (χ1v) is 7.41. The lowest BCUT2D eigenvalue weighted by Gasteiger charge is -2.12. The number of benzene rings is 1. The first-order chi connectivity index (χ1) is 8.08. The molecule has 0 heterocycles. The molecule has 17 heavy (non-hydrogen) atoms. The molecule has 1 aliphatic carbocycles. The molecule has 0 bridgehead atoms. The van der Waals surface area contributed by atoms with Crippen LogP contribution in [0, 0.1) is 6.92 Å². The smallest absolute Gasteiger partial charge is 0.199 e. The molecule has 0 saturated heterocycles. The van der Waals surface area contributed by atoms with Gasteiger partial charge in [-0.25, -0.2) is 0 Å². The van der Waals surface area contributed by atoms with Crippen LogP contribution in [0.2, 0.25) is 0 Å². The zero-order valence-electron chi connectivity index (χ0n) is 10.0. The van der Waals surface area contributed by atoms with Crippen molar-refractivity contribution in [1.29, 1.82) is 0 Å². The van der Waals surface area contributed by atoms with Crippen LogP contribution in [0.3, 0.4) is 0 Å². The number of hydrogen-bond donors (Lipinski definition) is 0. The number of aryl methyl sites for hydroxylation is 1. The van der Waals surface area contributed by atoms with E-state index in [4.69, 9.17) is 0 Å². The van der Waals surface area contributed by atoms with Crippen LogP contribution in [0.5, 0.6) is 0 Å². The van der Waals surface area contributed by atoms with E-state index in [1.807, 2.05) is 6.92 Å². The summed E-state index contributed by atoms with van der Waals surface area (Å²) in [4.78, 5) is 0.293. The van der Waals surface area contributed by atoms with Crippen molar-refractivity contribution in [2.45, 2.75) is 43.9 Å². The van der Waals surface area contributed by atoms with Crippen LogP contribution < -0.4 is 0 Å². The van der Waals surface area contributed by atoms with Crippen molar-refractivity contribution >= 4 is 15.7 Å². The molecule has 1 aromatic rings. The fraction of sp³-hybridized carbons (Fsp3) is 0.462. The summed E-state index contributed by atoms with van der Waals surface area (Å²) >= 11 is 0. The van der Waals surface area contributed by atoms with Crippen LogP contribution in [0.25, 0.3) is 0 Å². The Hall–Kier alpha value is -1.16. The average Bonchev–Trinajstić information content (AvgIpc) is 2.30. The van der Waals surface area contributed by atoms with Crippen molar-refractivity contribution in [3.8, 4) is 0 Å². The summed E-state index contributed by atoms with van der Waals surface area (Å²) in [5.74, 6) is 0. The van der Waals surface area contributed by atoms with E-state index in [-0.39, 0.29) is 0 Å². The molecule has 1 aromatic carbocycles. The Morgan fingerprint density at radius 2 is 1.59 bits per heavy atom. The van der Waals surface area contributed by atoms with Crippen molar-refractivity contribution in [3.63, 3.8) is 0 Å². The third kappa shape index (κ3) is 3.16. The largest absolute Gasteiger partial charge is 0.282 e. The Bertz CT molecular complexity index is 507. The standard InChI is InChI=1S/C13H17NO2S/c1-11-7-9-13(10-8-11)17(15,16)14-12-5-3-2-4-6-12/h7-10H,2-6H2,1H3. The Morgan fingerprint density at radius 3 is 2.18 bits per heavy atom. The van der Waals surface area contributed by atoms with Crippen molar-refractivity contribution in [2.75, 3.05) is 0 Å². The normalized spacial score (nSPS) is 16.9. The van der Waals surface area contributed by atoms with E-state index < -0.39 is 10.0 Å². The second kappa shape index (κ2) is 5.00. The maximum atomic E-state index is 12.0. The predicted molar refractivity (Wildman–Crippen MR) is 68.9 cm³/mol. The second-order valence-electron chi connectivity index (χ2n) is 4.51. The van der Waals surface area contributed by atoms with E-state index in [1.54, 1.807) is 24.3 Å². The molecular formula is C13H17NO2S. The fourth-order valence-corrected chi connectivity index (χ4v) is 3.09. The molecule has 0 N–H and O–H groups in total. The van der Waals surface area contributed by atoms with Gasteiger partial charge in [0.05, 0.1) is 4.90 Å². The van der Waals surface area contributed by atoms with Gasteiger partial charge >= 0.3 is 0 Å². The summed E-state index contributed by atoms with van der Waals surface area (Å²) in [5.41, 5.74) is 1.88. The van der Waals surface area contributed by atoms with E-state index in [1.165, 1.54) is 6.42 Å². The lowest BCUT2D eigenvalue weighted by molar-refractivity contribution is 0.596. The summed E-state index contributed by atoms with van der Waals surface area (Å²) in [7, 11) is -3.49. The van der Waals surface area contributed by atoms with Crippen molar-refractivity contribution < 1.29 is 8.42 Å². The summed E-state index contributed by atoms with van der Waals surface area (Å²) < 4.78 is 28.0. The highest BCUT2D eigenvalue weighted by molar-refractivity contribution is 7.90. The van der Waals surface area contributed by atoms with E-state index in [0.717, 1.165) is 37.0 Å². The number of hydrogen-bond acceptors (Lipinski definition) is 2. The molecule has 1 fully saturated rings. The summed E-state index contributed by atoms with van der Waals surface area (Å²) in [6, 6.07) is 6.84. The molecular weight excluding hydrogens is 234 g/mol. The highest BCUT2D eigenvalue weighted by Crippen LogP contribution is 2.19. The van der Waals surface area contributed by atoms with Gasteiger partial charge in [-0.15, -0.1) is 0 Å². The molecule has 2 rings (SSSR count). The topological polar surface area (TPSA) is 46.5 Å². The van der Waals surface area contributed by atoms with Gasteiger partial charge in [0.15, 0.2) is 0 Å². The zero-order chi connectivity index (χ0) is 12.3. The van der Waals surface area contributed by atoms with Gasteiger partial charge in [-0.3, -0.25) is 0 Å². The zero-order valence-corrected chi connectivity index (χ0v) is 10.8. The highest BCUT2D eigenvalue weighted by atomic mass is 32.2. The Kier molecular flexibility index (Phi) is 3.62. The molecule has 1 aliphatic rings. The maximum absolute atomic E-state index is 12.0.